The van der Waals surface area contributed by atoms with Crippen LogP contribution < -0.4 is 5.32 Å². The maximum Gasteiger partial charge on any atom is 0.401 e. The molecule has 0 saturated carbocycles. The number of alkyl halides is 3. The molecule has 0 radical (unpaired) electrons. The van der Waals surface area contributed by atoms with E-state index in [9.17, 15) is 13.2 Å². The van der Waals surface area contributed by atoms with Gasteiger partial charge in [0.2, 0.25) is 0 Å². The van der Waals surface area contributed by atoms with Gasteiger partial charge in [0.25, 0.3) is 0 Å². The second-order valence-electron chi connectivity index (χ2n) is 3.67. The number of aryl methyl sites for hydroxylation is 1. The van der Waals surface area contributed by atoms with E-state index < -0.39 is 12.7 Å². The maximum absolute atomic E-state index is 11.9. The van der Waals surface area contributed by atoms with E-state index in [-0.39, 0.29) is 6.54 Å². The van der Waals surface area contributed by atoms with Gasteiger partial charge in [-0.2, -0.15) is 13.2 Å². The van der Waals surface area contributed by atoms with E-state index in [1.165, 1.54) is 0 Å². The fourth-order valence-electron chi connectivity index (χ4n) is 1.45. The SMILES string of the molecule is Cc1cc(CNCC(F)(F)F)c(C)n1C. The van der Waals surface area contributed by atoms with E-state index in [0.717, 1.165) is 17.0 Å². The second kappa shape index (κ2) is 4.26. The number of hydrogen-bond acceptors (Lipinski definition) is 1. The molecule has 0 aliphatic carbocycles. The molecular weight excluding hydrogens is 205 g/mol. The molecule has 0 aliphatic rings. The van der Waals surface area contributed by atoms with Gasteiger partial charge in [0.15, 0.2) is 0 Å². The minimum Gasteiger partial charge on any atom is -0.352 e. The first-order valence-electron chi connectivity index (χ1n) is 4.70. The minimum atomic E-state index is -4.14. The summed E-state index contributed by atoms with van der Waals surface area (Å²) in [5, 5.41) is 2.38. The largest absolute Gasteiger partial charge is 0.401 e. The Labute approximate surface area is 87.1 Å². The molecule has 0 amide bonds. The number of hydrogen-bond donors (Lipinski definition) is 1. The number of aromatic nitrogens is 1. The van der Waals surface area contributed by atoms with Crippen molar-refractivity contribution in [2.45, 2.75) is 26.6 Å². The summed E-state index contributed by atoms with van der Waals surface area (Å²) < 4.78 is 37.6. The van der Waals surface area contributed by atoms with Gasteiger partial charge < -0.3 is 9.88 Å². The van der Waals surface area contributed by atoms with Gasteiger partial charge in [-0.05, 0) is 25.5 Å². The summed E-state index contributed by atoms with van der Waals surface area (Å²) in [5.74, 6) is 0. The zero-order chi connectivity index (χ0) is 11.6. The van der Waals surface area contributed by atoms with Crippen LogP contribution in [0.5, 0.6) is 0 Å². The molecule has 1 N–H and O–H groups in total. The van der Waals surface area contributed by atoms with Crippen LogP contribution in [-0.2, 0) is 13.6 Å². The smallest absolute Gasteiger partial charge is 0.352 e. The molecule has 0 fully saturated rings. The number of halogens is 3. The predicted octanol–water partition coefficient (Wildman–Crippen LogP) is 2.29. The Kier molecular flexibility index (Phi) is 3.44. The van der Waals surface area contributed by atoms with Crippen LogP contribution in [0.1, 0.15) is 17.0 Å². The standard InChI is InChI=1S/C10H15F3N2/c1-7-4-9(8(2)15(7)3)5-14-6-10(11,12)13/h4,14H,5-6H2,1-3H3. The van der Waals surface area contributed by atoms with Gasteiger partial charge >= 0.3 is 6.18 Å². The molecule has 1 aromatic heterocycles. The lowest BCUT2D eigenvalue weighted by atomic mass is 10.2. The molecule has 5 heteroatoms. The Bertz CT molecular complexity index is 339. The Morgan fingerprint density at radius 1 is 1.33 bits per heavy atom. The van der Waals surface area contributed by atoms with E-state index in [2.05, 4.69) is 5.32 Å². The summed E-state index contributed by atoms with van der Waals surface area (Å²) in [6.45, 7) is 3.14. The predicted molar refractivity (Wildman–Crippen MR) is 52.6 cm³/mol. The van der Waals surface area contributed by atoms with E-state index in [1.807, 2.05) is 31.5 Å². The van der Waals surface area contributed by atoms with Crippen molar-refractivity contribution in [3.63, 3.8) is 0 Å². The molecule has 2 nitrogen and oxygen atoms in total. The highest BCUT2D eigenvalue weighted by Crippen LogP contribution is 2.15. The van der Waals surface area contributed by atoms with Crippen LogP contribution >= 0.6 is 0 Å². The highest BCUT2D eigenvalue weighted by Gasteiger charge is 2.26. The normalized spacial score (nSPS) is 12.1. The topological polar surface area (TPSA) is 17.0 Å². The Hall–Kier alpha value is -0.970. The maximum atomic E-state index is 11.9. The first kappa shape index (κ1) is 12.1. The lowest BCUT2D eigenvalue weighted by Gasteiger charge is -2.08. The summed E-state index contributed by atoms with van der Waals surface area (Å²) in [4.78, 5) is 0. The van der Waals surface area contributed by atoms with Crippen LogP contribution in [0, 0.1) is 13.8 Å². The van der Waals surface area contributed by atoms with Gasteiger partial charge in [0.05, 0.1) is 6.54 Å². The summed E-state index contributed by atoms with van der Waals surface area (Å²) in [5.41, 5.74) is 2.97. The fourth-order valence-corrected chi connectivity index (χ4v) is 1.45. The first-order valence-corrected chi connectivity index (χ1v) is 4.70. The Morgan fingerprint density at radius 2 is 1.93 bits per heavy atom. The van der Waals surface area contributed by atoms with Gasteiger partial charge in [0.1, 0.15) is 0 Å². The molecule has 86 valence electrons. The Morgan fingerprint density at radius 3 is 2.33 bits per heavy atom. The average Bonchev–Trinajstić information content (AvgIpc) is 2.32. The van der Waals surface area contributed by atoms with Crippen molar-refractivity contribution < 1.29 is 13.2 Å². The molecular formula is C10H15F3N2. The fraction of sp³-hybridized carbons (Fsp3) is 0.600. The molecule has 0 aliphatic heterocycles. The van der Waals surface area contributed by atoms with Crippen molar-refractivity contribution >= 4 is 0 Å². The van der Waals surface area contributed by atoms with Crippen molar-refractivity contribution in [3.8, 4) is 0 Å². The molecule has 0 saturated heterocycles. The summed E-state index contributed by atoms with van der Waals surface area (Å²) in [6.07, 6.45) is -4.14. The van der Waals surface area contributed by atoms with E-state index in [1.54, 1.807) is 0 Å². The third kappa shape index (κ3) is 3.27. The lowest BCUT2D eigenvalue weighted by Crippen LogP contribution is -2.28. The molecule has 0 unspecified atom stereocenters. The number of rotatable bonds is 3. The first-order chi connectivity index (χ1) is 6.81. The van der Waals surface area contributed by atoms with Crippen LogP contribution in [-0.4, -0.2) is 17.3 Å². The van der Waals surface area contributed by atoms with Crippen LogP contribution in [0.15, 0.2) is 6.07 Å². The summed E-state index contributed by atoms with van der Waals surface area (Å²) >= 11 is 0. The zero-order valence-electron chi connectivity index (χ0n) is 9.07. The Balaban J connectivity index is 2.55. The van der Waals surface area contributed by atoms with E-state index in [4.69, 9.17) is 0 Å². The molecule has 0 spiro atoms. The van der Waals surface area contributed by atoms with E-state index >= 15 is 0 Å². The van der Waals surface area contributed by atoms with Crippen LogP contribution in [0.3, 0.4) is 0 Å². The van der Waals surface area contributed by atoms with Crippen molar-refractivity contribution in [3.05, 3.63) is 23.0 Å². The van der Waals surface area contributed by atoms with Gasteiger partial charge in [-0.25, -0.2) is 0 Å². The van der Waals surface area contributed by atoms with Gasteiger partial charge in [-0.1, -0.05) is 0 Å². The highest BCUT2D eigenvalue weighted by atomic mass is 19.4. The van der Waals surface area contributed by atoms with Crippen LogP contribution in [0.25, 0.3) is 0 Å². The van der Waals surface area contributed by atoms with Gasteiger partial charge in [-0.15, -0.1) is 0 Å². The third-order valence-corrected chi connectivity index (χ3v) is 2.52. The van der Waals surface area contributed by atoms with Crippen molar-refractivity contribution in [2.75, 3.05) is 6.54 Å². The minimum absolute atomic E-state index is 0.257. The van der Waals surface area contributed by atoms with Crippen LogP contribution in [0.2, 0.25) is 0 Å². The monoisotopic (exact) mass is 220 g/mol. The highest BCUT2D eigenvalue weighted by molar-refractivity contribution is 5.26. The van der Waals surface area contributed by atoms with Crippen molar-refractivity contribution in [2.24, 2.45) is 7.05 Å². The third-order valence-electron chi connectivity index (χ3n) is 2.52. The molecule has 0 atom stereocenters. The summed E-state index contributed by atoms with van der Waals surface area (Å²) in [7, 11) is 1.90. The van der Waals surface area contributed by atoms with Gasteiger partial charge in [-0.3, -0.25) is 0 Å². The second-order valence-corrected chi connectivity index (χ2v) is 3.67. The molecule has 0 bridgehead atoms. The lowest BCUT2D eigenvalue weighted by molar-refractivity contribution is -0.125. The van der Waals surface area contributed by atoms with E-state index in [0.29, 0.717) is 0 Å². The summed E-state index contributed by atoms with van der Waals surface area (Å²) in [6, 6.07) is 1.90. The van der Waals surface area contributed by atoms with Crippen molar-refractivity contribution in [1.29, 1.82) is 0 Å². The molecule has 1 rings (SSSR count). The molecule has 1 aromatic rings. The molecule has 15 heavy (non-hydrogen) atoms. The average molecular weight is 220 g/mol. The molecule has 1 heterocycles. The zero-order valence-corrected chi connectivity index (χ0v) is 9.07. The number of nitrogens with zero attached hydrogens (tertiary/aromatic N) is 1. The van der Waals surface area contributed by atoms with Gasteiger partial charge in [0, 0.05) is 25.0 Å². The van der Waals surface area contributed by atoms with Crippen molar-refractivity contribution in [1.82, 2.24) is 9.88 Å². The molecule has 0 aromatic carbocycles. The van der Waals surface area contributed by atoms with Crippen LogP contribution in [0.4, 0.5) is 13.2 Å². The number of nitrogens with one attached hydrogen (secondary N) is 1. The quantitative estimate of drug-likeness (QED) is 0.827.